The van der Waals surface area contributed by atoms with Crippen LogP contribution in [-0.2, 0) is 21.2 Å². The smallest absolute Gasteiger partial charge is 0.325 e. The molecule has 0 atom stereocenters. The highest BCUT2D eigenvalue weighted by Crippen LogP contribution is 2.23. The number of carboxylic acid groups (broad SMARTS) is 1. The van der Waals surface area contributed by atoms with Gasteiger partial charge in [0.1, 0.15) is 6.54 Å². The predicted molar refractivity (Wildman–Crippen MR) is 64.0 cm³/mol. The number of aromatic nitrogens is 3. The number of benzene rings is 1. The summed E-state index contributed by atoms with van der Waals surface area (Å²) < 4.78 is 25.2. The zero-order valence-electron chi connectivity index (χ0n) is 9.59. The molecule has 2 aromatic rings. The number of sulfone groups is 1. The first-order valence-electron chi connectivity index (χ1n) is 5.14. The van der Waals surface area contributed by atoms with Gasteiger partial charge in [-0.25, -0.2) is 13.1 Å². The van der Waals surface area contributed by atoms with Gasteiger partial charge in [-0.3, -0.25) is 4.79 Å². The molecule has 0 radical (unpaired) electrons. The molecule has 0 unspecified atom stereocenters. The maximum absolute atomic E-state index is 12.2. The molecule has 0 bridgehead atoms. The lowest BCUT2D eigenvalue weighted by Gasteiger charge is -2.02. The van der Waals surface area contributed by atoms with E-state index in [4.69, 9.17) is 10.8 Å². The van der Waals surface area contributed by atoms with E-state index in [9.17, 15) is 13.2 Å². The fraction of sp³-hybridized carbons (Fsp3) is 0.100. The number of nitrogen functional groups attached to an aromatic ring is 1. The fourth-order valence-electron chi connectivity index (χ4n) is 1.45. The molecule has 0 aliphatic rings. The third kappa shape index (κ3) is 2.40. The van der Waals surface area contributed by atoms with E-state index >= 15 is 0 Å². The Kier molecular flexibility index (Phi) is 3.21. The summed E-state index contributed by atoms with van der Waals surface area (Å²) >= 11 is 0. The molecule has 0 fully saturated rings. The molecule has 0 aliphatic heterocycles. The molecule has 2 rings (SSSR count). The van der Waals surface area contributed by atoms with Crippen molar-refractivity contribution in [3.8, 4) is 0 Å². The molecule has 1 heterocycles. The summed E-state index contributed by atoms with van der Waals surface area (Å²) in [4.78, 5) is 10.6. The molecular formula is C10H10N4O4S. The number of rotatable bonds is 4. The summed E-state index contributed by atoms with van der Waals surface area (Å²) in [6.07, 6.45) is 0. The standard InChI is InChI=1S/C10H10N4O4S/c11-9-10(12-13-14(9)6-8(15)16)19(17,18)7-4-2-1-3-5-7/h1-5H,6,11H2,(H,15,16). The van der Waals surface area contributed by atoms with Gasteiger partial charge in [0.2, 0.25) is 14.9 Å². The first-order valence-corrected chi connectivity index (χ1v) is 6.62. The van der Waals surface area contributed by atoms with E-state index in [1.165, 1.54) is 12.1 Å². The predicted octanol–water partition coefficient (Wildman–Crippen LogP) is -0.222. The van der Waals surface area contributed by atoms with Crippen LogP contribution in [0.5, 0.6) is 0 Å². The van der Waals surface area contributed by atoms with Gasteiger partial charge < -0.3 is 10.8 Å². The van der Waals surface area contributed by atoms with Crippen molar-refractivity contribution in [3.05, 3.63) is 30.3 Å². The third-order valence-electron chi connectivity index (χ3n) is 2.33. The Hall–Kier alpha value is -2.42. The van der Waals surface area contributed by atoms with Crippen molar-refractivity contribution >= 4 is 21.6 Å². The lowest BCUT2D eigenvalue weighted by molar-refractivity contribution is -0.137. The van der Waals surface area contributed by atoms with Crippen molar-refractivity contribution in [2.75, 3.05) is 5.73 Å². The third-order valence-corrected chi connectivity index (χ3v) is 4.03. The minimum absolute atomic E-state index is 0.0177. The lowest BCUT2D eigenvalue weighted by atomic mass is 10.4. The Morgan fingerprint density at radius 2 is 1.95 bits per heavy atom. The molecule has 9 heteroatoms. The van der Waals surface area contributed by atoms with Crippen molar-refractivity contribution in [1.29, 1.82) is 0 Å². The summed E-state index contributed by atoms with van der Waals surface area (Å²) in [7, 11) is -3.90. The van der Waals surface area contributed by atoms with E-state index in [1.54, 1.807) is 18.2 Å². The van der Waals surface area contributed by atoms with E-state index in [0.29, 0.717) is 0 Å². The Labute approximate surface area is 108 Å². The molecule has 0 aliphatic carbocycles. The van der Waals surface area contributed by atoms with Crippen molar-refractivity contribution < 1.29 is 18.3 Å². The Morgan fingerprint density at radius 3 is 2.53 bits per heavy atom. The highest BCUT2D eigenvalue weighted by Gasteiger charge is 2.26. The van der Waals surface area contributed by atoms with Crippen LogP contribution in [0.1, 0.15) is 0 Å². The van der Waals surface area contributed by atoms with Crippen molar-refractivity contribution in [2.24, 2.45) is 0 Å². The van der Waals surface area contributed by atoms with Crippen LogP contribution >= 0.6 is 0 Å². The Bertz CT molecular complexity index is 708. The summed E-state index contributed by atoms with van der Waals surface area (Å²) in [6, 6.07) is 7.58. The number of hydrogen-bond acceptors (Lipinski definition) is 6. The first-order chi connectivity index (χ1) is 8.93. The van der Waals surface area contributed by atoms with Gasteiger partial charge >= 0.3 is 5.97 Å². The van der Waals surface area contributed by atoms with Crippen molar-refractivity contribution in [2.45, 2.75) is 16.5 Å². The summed E-state index contributed by atoms with van der Waals surface area (Å²) in [5, 5.41) is 15.1. The van der Waals surface area contributed by atoms with Gasteiger partial charge in [-0.05, 0) is 12.1 Å². The number of anilines is 1. The van der Waals surface area contributed by atoms with E-state index < -0.39 is 27.4 Å². The molecule has 0 saturated carbocycles. The molecule has 0 spiro atoms. The van der Waals surface area contributed by atoms with Gasteiger partial charge in [-0.15, -0.1) is 5.10 Å². The van der Waals surface area contributed by atoms with Gasteiger partial charge in [0.05, 0.1) is 4.90 Å². The monoisotopic (exact) mass is 282 g/mol. The molecule has 100 valence electrons. The minimum atomic E-state index is -3.90. The maximum Gasteiger partial charge on any atom is 0.325 e. The van der Waals surface area contributed by atoms with E-state index in [-0.39, 0.29) is 10.7 Å². The topological polar surface area (TPSA) is 128 Å². The normalized spacial score (nSPS) is 11.4. The van der Waals surface area contributed by atoms with Gasteiger partial charge in [0.15, 0.2) is 5.82 Å². The van der Waals surface area contributed by atoms with Crippen LogP contribution in [0.4, 0.5) is 5.82 Å². The average Bonchev–Trinajstić information content (AvgIpc) is 2.72. The van der Waals surface area contributed by atoms with Gasteiger partial charge in [-0.1, -0.05) is 23.4 Å². The van der Waals surface area contributed by atoms with Crippen LogP contribution in [0.15, 0.2) is 40.3 Å². The molecule has 3 N–H and O–H groups in total. The van der Waals surface area contributed by atoms with Crippen molar-refractivity contribution in [3.63, 3.8) is 0 Å². The quantitative estimate of drug-likeness (QED) is 0.793. The van der Waals surface area contributed by atoms with Gasteiger partial charge in [-0.2, -0.15) is 0 Å². The fourth-order valence-corrected chi connectivity index (χ4v) is 2.72. The maximum atomic E-state index is 12.2. The van der Waals surface area contributed by atoms with Gasteiger partial charge in [0, 0.05) is 0 Å². The minimum Gasteiger partial charge on any atom is -0.480 e. The zero-order valence-corrected chi connectivity index (χ0v) is 10.4. The van der Waals surface area contributed by atoms with Crippen molar-refractivity contribution in [1.82, 2.24) is 15.0 Å². The lowest BCUT2D eigenvalue weighted by Crippen LogP contribution is -2.13. The molecular weight excluding hydrogens is 272 g/mol. The Balaban J connectivity index is 2.48. The number of nitrogens with zero attached hydrogens (tertiary/aromatic N) is 3. The highest BCUT2D eigenvalue weighted by atomic mass is 32.2. The largest absolute Gasteiger partial charge is 0.480 e. The van der Waals surface area contributed by atoms with Crippen LogP contribution in [0.2, 0.25) is 0 Å². The van der Waals surface area contributed by atoms with E-state index in [0.717, 1.165) is 4.68 Å². The molecule has 0 amide bonds. The number of carbonyl (C=O) groups is 1. The highest BCUT2D eigenvalue weighted by molar-refractivity contribution is 7.91. The molecule has 1 aromatic heterocycles. The van der Waals surface area contributed by atoms with Crippen LogP contribution in [0.25, 0.3) is 0 Å². The molecule has 8 nitrogen and oxygen atoms in total. The van der Waals surface area contributed by atoms with Crippen LogP contribution in [-0.4, -0.2) is 34.5 Å². The number of hydrogen-bond donors (Lipinski definition) is 2. The second-order valence-electron chi connectivity index (χ2n) is 3.65. The second kappa shape index (κ2) is 4.69. The SMILES string of the molecule is Nc1c(S(=O)(=O)c2ccccc2)nnn1CC(=O)O. The van der Waals surface area contributed by atoms with Gasteiger partial charge in [0.25, 0.3) is 0 Å². The second-order valence-corrected chi connectivity index (χ2v) is 5.51. The molecule has 19 heavy (non-hydrogen) atoms. The average molecular weight is 282 g/mol. The summed E-state index contributed by atoms with van der Waals surface area (Å²) in [5.41, 5.74) is 5.57. The van der Waals surface area contributed by atoms with E-state index in [2.05, 4.69) is 10.3 Å². The van der Waals surface area contributed by atoms with Crippen LogP contribution in [0.3, 0.4) is 0 Å². The molecule has 1 aromatic carbocycles. The number of carboxylic acids is 1. The van der Waals surface area contributed by atoms with Crippen LogP contribution < -0.4 is 5.73 Å². The summed E-state index contributed by atoms with van der Waals surface area (Å²) in [5.74, 6) is -1.49. The Morgan fingerprint density at radius 1 is 1.32 bits per heavy atom. The number of aliphatic carboxylic acids is 1. The molecule has 0 saturated heterocycles. The summed E-state index contributed by atoms with van der Waals surface area (Å²) in [6.45, 7) is -0.552. The zero-order chi connectivity index (χ0) is 14.0. The van der Waals surface area contributed by atoms with E-state index in [1.807, 2.05) is 0 Å². The first kappa shape index (κ1) is 13.0. The number of nitrogens with two attached hydrogens (primary N) is 1. The van der Waals surface area contributed by atoms with Crippen LogP contribution in [0, 0.1) is 0 Å².